The second-order valence-corrected chi connectivity index (χ2v) is 7.49. The van der Waals surface area contributed by atoms with Gasteiger partial charge in [0.15, 0.2) is 0 Å². The number of benzene rings is 1. The molecule has 5 aliphatic rings. The molecule has 4 bridgehead atoms. The standard InChI is InChI=1S/C19H23N/c1-12-8-13-9-18-17-10-14-4-2-3-5-15(14)16(17)6-7-20(11-13)19(12)18/h2-5,12-13,18-19H,6-11H2,1H3. The molecule has 5 atom stereocenters. The number of nitrogens with zero attached hydrogens (tertiary/aromatic N) is 1. The Bertz CT molecular complexity index is 600. The van der Waals surface area contributed by atoms with Gasteiger partial charge in [0.1, 0.15) is 0 Å². The van der Waals surface area contributed by atoms with E-state index in [1.807, 2.05) is 5.57 Å². The van der Waals surface area contributed by atoms with E-state index in [-0.39, 0.29) is 0 Å². The highest BCUT2D eigenvalue weighted by molar-refractivity contribution is 5.77. The van der Waals surface area contributed by atoms with Gasteiger partial charge < -0.3 is 0 Å². The van der Waals surface area contributed by atoms with E-state index in [1.165, 1.54) is 38.8 Å². The quantitative estimate of drug-likeness (QED) is 0.690. The zero-order valence-electron chi connectivity index (χ0n) is 12.3. The van der Waals surface area contributed by atoms with Gasteiger partial charge in [-0.3, -0.25) is 4.90 Å². The van der Waals surface area contributed by atoms with Crippen LogP contribution in [0.4, 0.5) is 0 Å². The highest BCUT2D eigenvalue weighted by Crippen LogP contribution is 2.52. The van der Waals surface area contributed by atoms with Crippen molar-refractivity contribution in [3.05, 3.63) is 41.0 Å². The Morgan fingerprint density at radius 3 is 2.95 bits per heavy atom. The van der Waals surface area contributed by atoms with Gasteiger partial charge in [-0.1, -0.05) is 36.8 Å². The summed E-state index contributed by atoms with van der Waals surface area (Å²) in [6.45, 7) is 5.19. The van der Waals surface area contributed by atoms with E-state index in [1.54, 1.807) is 16.7 Å². The summed E-state index contributed by atoms with van der Waals surface area (Å²) in [7, 11) is 0. The van der Waals surface area contributed by atoms with Crippen LogP contribution in [0.2, 0.25) is 0 Å². The van der Waals surface area contributed by atoms with Gasteiger partial charge in [-0.15, -0.1) is 0 Å². The minimum Gasteiger partial charge on any atom is -0.299 e. The predicted octanol–water partition coefficient (Wildman–Crippen LogP) is 3.75. The van der Waals surface area contributed by atoms with Gasteiger partial charge in [-0.05, 0) is 60.1 Å². The summed E-state index contributed by atoms with van der Waals surface area (Å²) < 4.78 is 0. The van der Waals surface area contributed by atoms with Gasteiger partial charge in [0.2, 0.25) is 0 Å². The number of fused-ring (bicyclic) bond motifs is 3. The van der Waals surface area contributed by atoms with Crippen molar-refractivity contribution in [1.29, 1.82) is 0 Å². The molecule has 20 heavy (non-hydrogen) atoms. The Morgan fingerprint density at radius 2 is 2.05 bits per heavy atom. The smallest absolute Gasteiger partial charge is 0.0187 e. The normalized spacial score (nSPS) is 41.4. The Hall–Kier alpha value is -1.08. The first-order valence-electron chi connectivity index (χ1n) is 8.35. The Kier molecular flexibility index (Phi) is 2.30. The molecule has 0 N–H and O–H groups in total. The molecule has 5 unspecified atom stereocenters. The predicted molar refractivity (Wildman–Crippen MR) is 82.4 cm³/mol. The maximum absolute atomic E-state index is 2.84. The van der Waals surface area contributed by atoms with E-state index in [0.717, 1.165) is 23.8 Å². The van der Waals surface area contributed by atoms with E-state index in [2.05, 4.69) is 36.1 Å². The first kappa shape index (κ1) is 11.6. The molecule has 1 saturated carbocycles. The van der Waals surface area contributed by atoms with Crippen LogP contribution in [0.5, 0.6) is 0 Å². The fourth-order valence-electron chi connectivity index (χ4n) is 5.82. The largest absolute Gasteiger partial charge is 0.299 e. The van der Waals surface area contributed by atoms with Gasteiger partial charge in [0, 0.05) is 19.1 Å². The molecule has 6 rings (SSSR count). The van der Waals surface area contributed by atoms with Gasteiger partial charge in [0.25, 0.3) is 0 Å². The van der Waals surface area contributed by atoms with Crippen molar-refractivity contribution in [3.63, 3.8) is 0 Å². The zero-order chi connectivity index (χ0) is 13.3. The maximum atomic E-state index is 2.84. The second kappa shape index (κ2) is 3.98. The Morgan fingerprint density at radius 1 is 1.15 bits per heavy atom. The van der Waals surface area contributed by atoms with Gasteiger partial charge in [-0.25, -0.2) is 0 Å². The minimum absolute atomic E-state index is 0.849. The molecule has 2 saturated heterocycles. The van der Waals surface area contributed by atoms with E-state index in [9.17, 15) is 0 Å². The van der Waals surface area contributed by atoms with Crippen LogP contribution in [-0.4, -0.2) is 24.0 Å². The molecule has 0 amide bonds. The summed E-state index contributed by atoms with van der Waals surface area (Å²) in [5, 5.41) is 0. The summed E-state index contributed by atoms with van der Waals surface area (Å²) in [6, 6.07) is 10.0. The van der Waals surface area contributed by atoms with Crippen molar-refractivity contribution in [2.24, 2.45) is 17.8 Å². The van der Waals surface area contributed by atoms with Crippen LogP contribution in [-0.2, 0) is 6.42 Å². The zero-order valence-corrected chi connectivity index (χ0v) is 12.3. The van der Waals surface area contributed by atoms with E-state index in [4.69, 9.17) is 0 Å². The molecule has 1 aromatic rings. The van der Waals surface area contributed by atoms with E-state index < -0.39 is 0 Å². The second-order valence-electron chi connectivity index (χ2n) is 7.49. The van der Waals surface area contributed by atoms with Crippen molar-refractivity contribution in [2.75, 3.05) is 13.1 Å². The Balaban J connectivity index is 1.63. The topological polar surface area (TPSA) is 3.24 Å². The first-order chi connectivity index (χ1) is 9.81. The summed E-state index contributed by atoms with van der Waals surface area (Å²) in [4.78, 5) is 2.84. The Labute approximate surface area is 121 Å². The molecule has 0 spiro atoms. The number of rotatable bonds is 0. The van der Waals surface area contributed by atoms with Crippen LogP contribution < -0.4 is 0 Å². The summed E-state index contributed by atoms with van der Waals surface area (Å²) >= 11 is 0. The van der Waals surface area contributed by atoms with E-state index >= 15 is 0 Å². The van der Waals surface area contributed by atoms with Crippen molar-refractivity contribution < 1.29 is 0 Å². The minimum atomic E-state index is 0.849. The fraction of sp³-hybridized carbons (Fsp3) is 0.579. The molecule has 1 heteroatoms. The third kappa shape index (κ3) is 1.42. The fourth-order valence-corrected chi connectivity index (χ4v) is 5.82. The lowest BCUT2D eigenvalue weighted by molar-refractivity contribution is -0.0194. The highest BCUT2D eigenvalue weighted by Gasteiger charge is 2.48. The molecule has 1 nitrogen and oxygen atoms in total. The van der Waals surface area contributed by atoms with Crippen LogP contribution >= 0.6 is 0 Å². The lowest BCUT2D eigenvalue weighted by Crippen LogP contribution is -2.56. The first-order valence-corrected chi connectivity index (χ1v) is 8.35. The molecular formula is C19H23N. The molecule has 3 heterocycles. The SMILES string of the molecule is CC1CC2CC3C4=C(CCN(C2)C13)c1ccccc1C4. The molecule has 104 valence electrons. The third-order valence-corrected chi connectivity index (χ3v) is 6.41. The van der Waals surface area contributed by atoms with Gasteiger partial charge in [-0.2, -0.15) is 0 Å². The van der Waals surface area contributed by atoms with Crippen molar-refractivity contribution in [3.8, 4) is 0 Å². The van der Waals surface area contributed by atoms with E-state index in [0.29, 0.717) is 0 Å². The average molecular weight is 265 g/mol. The molecule has 1 aromatic carbocycles. The molecular weight excluding hydrogens is 242 g/mol. The number of piperidine rings is 2. The average Bonchev–Trinajstić information content (AvgIpc) is 2.78. The number of hydrogen-bond acceptors (Lipinski definition) is 1. The molecule has 0 radical (unpaired) electrons. The molecule has 0 aromatic heterocycles. The van der Waals surface area contributed by atoms with Crippen LogP contribution in [0.1, 0.15) is 37.3 Å². The number of hydrogen-bond donors (Lipinski definition) is 0. The lowest BCUT2D eigenvalue weighted by atomic mass is 9.65. The van der Waals surface area contributed by atoms with Crippen LogP contribution in [0.25, 0.3) is 5.57 Å². The third-order valence-electron chi connectivity index (χ3n) is 6.41. The summed E-state index contributed by atoms with van der Waals surface area (Å²) in [5.41, 5.74) is 6.74. The summed E-state index contributed by atoms with van der Waals surface area (Å²) in [5.74, 6) is 2.74. The highest BCUT2D eigenvalue weighted by atomic mass is 15.2. The van der Waals surface area contributed by atoms with Crippen molar-refractivity contribution >= 4 is 5.57 Å². The van der Waals surface area contributed by atoms with Crippen LogP contribution in [0.3, 0.4) is 0 Å². The van der Waals surface area contributed by atoms with Gasteiger partial charge >= 0.3 is 0 Å². The molecule has 3 aliphatic heterocycles. The summed E-state index contributed by atoms with van der Waals surface area (Å²) in [6.07, 6.45) is 5.49. The van der Waals surface area contributed by atoms with Gasteiger partial charge in [0.05, 0.1) is 0 Å². The monoisotopic (exact) mass is 265 g/mol. The van der Waals surface area contributed by atoms with Crippen molar-refractivity contribution in [2.45, 2.75) is 38.6 Å². The lowest BCUT2D eigenvalue weighted by Gasteiger charge is -2.53. The molecule has 3 fully saturated rings. The van der Waals surface area contributed by atoms with Crippen LogP contribution in [0.15, 0.2) is 29.8 Å². The van der Waals surface area contributed by atoms with Crippen molar-refractivity contribution in [1.82, 2.24) is 4.90 Å². The molecule has 2 aliphatic carbocycles. The maximum Gasteiger partial charge on any atom is 0.0187 e. The van der Waals surface area contributed by atoms with Crippen LogP contribution in [0, 0.1) is 17.8 Å².